The summed E-state index contributed by atoms with van der Waals surface area (Å²) in [7, 11) is 4.09. The highest BCUT2D eigenvalue weighted by Crippen LogP contribution is 2.12. The van der Waals surface area contributed by atoms with Crippen LogP contribution < -0.4 is 5.73 Å². The zero-order valence-electron chi connectivity index (χ0n) is 7.79. The van der Waals surface area contributed by atoms with Gasteiger partial charge in [0.25, 0.3) is 0 Å². The normalized spacial score (nSPS) is 23.7. The molecule has 0 aromatic heterocycles. The molecular formula is C8H17N3O. The van der Waals surface area contributed by atoms with Crippen LogP contribution in [0.1, 0.15) is 6.42 Å². The summed E-state index contributed by atoms with van der Waals surface area (Å²) < 4.78 is 0. The molecule has 1 saturated heterocycles. The van der Waals surface area contributed by atoms with Crippen LogP contribution in [0.15, 0.2) is 0 Å². The first-order chi connectivity index (χ1) is 5.65. The molecule has 0 bridgehead atoms. The maximum Gasteiger partial charge on any atom is 0.236 e. The second-order valence-corrected chi connectivity index (χ2v) is 3.45. The van der Waals surface area contributed by atoms with Crippen LogP contribution in [0, 0.1) is 0 Å². The standard InChI is InChI=1S/C8H17N3O/c1-10(2)7-3-4-11(6-7)8(12)5-9/h7H,3-6,9H2,1-2H3/t7-/m0/s1. The Bertz CT molecular complexity index is 170. The molecule has 1 heterocycles. The number of nitrogens with zero attached hydrogens (tertiary/aromatic N) is 2. The summed E-state index contributed by atoms with van der Waals surface area (Å²) in [6.07, 6.45) is 1.07. The quantitative estimate of drug-likeness (QED) is 0.586. The van der Waals surface area contributed by atoms with Crippen LogP contribution >= 0.6 is 0 Å². The van der Waals surface area contributed by atoms with E-state index in [-0.39, 0.29) is 12.5 Å². The van der Waals surface area contributed by atoms with Crippen LogP contribution in [-0.4, -0.2) is 55.5 Å². The van der Waals surface area contributed by atoms with Gasteiger partial charge in [-0.2, -0.15) is 0 Å². The van der Waals surface area contributed by atoms with Crippen LogP contribution in [0.5, 0.6) is 0 Å². The van der Waals surface area contributed by atoms with Crippen molar-refractivity contribution in [2.75, 3.05) is 33.7 Å². The molecule has 0 aromatic rings. The van der Waals surface area contributed by atoms with Gasteiger partial charge in [-0.25, -0.2) is 0 Å². The largest absolute Gasteiger partial charge is 0.340 e. The maximum absolute atomic E-state index is 11.2. The molecule has 70 valence electrons. The van der Waals surface area contributed by atoms with E-state index >= 15 is 0 Å². The number of amides is 1. The first kappa shape index (κ1) is 9.48. The van der Waals surface area contributed by atoms with Gasteiger partial charge in [0.15, 0.2) is 0 Å². The lowest BCUT2D eigenvalue weighted by molar-refractivity contribution is -0.128. The zero-order valence-corrected chi connectivity index (χ0v) is 7.79. The third kappa shape index (κ3) is 1.95. The average molecular weight is 171 g/mol. The monoisotopic (exact) mass is 171 g/mol. The fourth-order valence-corrected chi connectivity index (χ4v) is 1.52. The molecule has 1 aliphatic heterocycles. The van der Waals surface area contributed by atoms with Gasteiger partial charge in [-0.3, -0.25) is 4.79 Å². The third-order valence-corrected chi connectivity index (χ3v) is 2.42. The molecule has 1 amide bonds. The predicted octanol–water partition coefficient (Wildman–Crippen LogP) is -0.892. The molecule has 4 heteroatoms. The molecule has 0 aromatic carbocycles. The number of hydrogen-bond acceptors (Lipinski definition) is 3. The Morgan fingerprint density at radius 2 is 2.33 bits per heavy atom. The molecule has 1 rings (SSSR count). The smallest absolute Gasteiger partial charge is 0.236 e. The van der Waals surface area contributed by atoms with Crippen LogP contribution in [0.4, 0.5) is 0 Å². The van der Waals surface area contributed by atoms with E-state index in [1.54, 1.807) is 0 Å². The van der Waals surface area contributed by atoms with E-state index < -0.39 is 0 Å². The summed E-state index contributed by atoms with van der Waals surface area (Å²) in [5, 5.41) is 0. The van der Waals surface area contributed by atoms with Crippen LogP contribution in [-0.2, 0) is 4.79 Å². The lowest BCUT2D eigenvalue weighted by Gasteiger charge is -2.19. The highest BCUT2D eigenvalue weighted by molar-refractivity contribution is 5.78. The van der Waals surface area contributed by atoms with Crippen molar-refractivity contribution >= 4 is 5.91 Å². The number of likely N-dealkylation sites (N-methyl/N-ethyl adjacent to an activating group) is 1. The van der Waals surface area contributed by atoms with Gasteiger partial charge in [-0.05, 0) is 20.5 Å². The molecule has 1 aliphatic rings. The molecule has 0 saturated carbocycles. The molecule has 1 fully saturated rings. The number of carbonyl (C=O) groups is 1. The molecule has 12 heavy (non-hydrogen) atoms. The third-order valence-electron chi connectivity index (χ3n) is 2.42. The summed E-state index contributed by atoms with van der Waals surface area (Å²) in [6, 6.07) is 0.514. The van der Waals surface area contributed by atoms with Gasteiger partial charge < -0.3 is 15.5 Å². The summed E-state index contributed by atoms with van der Waals surface area (Å²) in [5.41, 5.74) is 5.27. The van der Waals surface area contributed by atoms with Crippen molar-refractivity contribution < 1.29 is 4.79 Å². The highest BCUT2D eigenvalue weighted by atomic mass is 16.2. The minimum absolute atomic E-state index is 0.0688. The fraction of sp³-hybridized carbons (Fsp3) is 0.875. The predicted molar refractivity (Wildman–Crippen MR) is 47.7 cm³/mol. The second kappa shape index (κ2) is 3.87. The first-order valence-corrected chi connectivity index (χ1v) is 4.29. The van der Waals surface area contributed by atoms with Crippen LogP contribution in [0.25, 0.3) is 0 Å². The van der Waals surface area contributed by atoms with Crippen molar-refractivity contribution in [3.05, 3.63) is 0 Å². The molecule has 0 unspecified atom stereocenters. The van der Waals surface area contributed by atoms with Gasteiger partial charge in [-0.1, -0.05) is 0 Å². The van der Waals surface area contributed by atoms with E-state index in [1.807, 2.05) is 19.0 Å². The topological polar surface area (TPSA) is 49.6 Å². The fourth-order valence-electron chi connectivity index (χ4n) is 1.52. The van der Waals surface area contributed by atoms with Crippen molar-refractivity contribution in [3.63, 3.8) is 0 Å². The average Bonchev–Trinajstić information content (AvgIpc) is 2.51. The van der Waals surface area contributed by atoms with Crippen molar-refractivity contribution in [2.45, 2.75) is 12.5 Å². The summed E-state index contributed by atoms with van der Waals surface area (Å²) in [5.74, 6) is 0.0688. The zero-order chi connectivity index (χ0) is 9.14. The van der Waals surface area contributed by atoms with E-state index in [0.29, 0.717) is 6.04 Å². The highest BCUT2D eigenvalue weighted by Gasteiger charge is 2.26. The summed E-state index contributed by atoms with van der Waals surface area (Å²) in [6.45, 7) is 1.84. The number of likely N-dealkylation sites (tertiary alicyclic amines) is 1. The minimum Gasteiger partial charge on any atom is -0.340 e. The van der Waals surface area contributed by atoms with E-state index in [0.717, 1.165) is 19.5 Å². The lowest BCUT2D eigenvalue weighted by atomic mass is 10.2. The second-order valence-electron chi connectivity index (χ2n) is 3.45. The maximum atomic E-state index is 11.2. The van der Waals surface area contributed by atoms with Gasteiger partial charge in [0.1, 0.15) is 0 Å². The number of rotatable bonds is 2. The van der Waals surface area contributed by atoms with Gasteiger partial charge >= 0.3 is 0 Å². The van der Waals surface area contributed by atoms with Gasteiger partial charge in [-0.15, -0.1) is 0 Å². The van der Waals surface area contributed by atoms with E-state index in [1.165, 1.54) is 0 Å². The van der Waals surface area contributed by atoms with Crippen molar-refractivity contribution in [1.29, 1.82) is 0 Å². The molecule has 1 atom stereocenters. The Hall–Kier alpha value is -0.610. The van der Waals surface area contributed by atoms with E-state index in [4.69, 9.17) is 5.73 Å². The Labute approximate surface area is 73.3 Å². The van der Waals surface area contributed by atoms with Gasteiger partial charge in [0.2, 0.25) is 5.91 Å². The van der Waals surface area contributed by atoms with Crippen LogP contribution in [0.3, 0.4) is 0 Å². The van der Waals surface area contributed by atoms with Crippen molar-refractivity contribution in [3.8, 4) is 0 Å². The molecule has 2 N–H and O–H groups in total. The summed E-state index contributed by atoms with van der Waals surface area (Å²) in [4.78, 5) is 15.2. The Balaban J connectivity index is 2.40. The Kier molecular flexibility index (Phi) is 3.05. The summed E-state index contributed by atoms with van der Waals surface area (Å²) >= 11 is 0. The molecular weight excluding hydrogens is 154 g/mol. The number of carbonyl (C=O) groups excluding carboxylic acids is 1. The van der Waals surface area contributed by atoms with E-state index in [9.17, 15) is 4.79 Å². The van der Waals surface area contributed by atoms with Crippen molar-refractivity contribution in [1.82, 2.24) is 9.80 Å². The molecule has 0 radical (unpaired) electrons. The lowest BCUT2D eigenvalue weighted by Crippen LogP contribution is -2.37. The minimum atomic E-state index is 0.0688. The molecule has 0 spiro atoms. The Morgan fingerprint density at radius 3 is 2.75 bits per heavy atom. The van der Waals surface area contributed by atoms with E-state index in [2.05, 4.69) is 4.90 Å². The molecule has 0 aliphatic carbocycles. The van der Waals surface area contributed by atoms with Gasteiger partial charge in [0, 0.05) is 19.1 Å². The first-order valence-electron chi connectivity index (χ1n) is 4.29. The Morgan fingerprint density at radius 1 is 1.67 bits per heavy atom. The van der Waals surface area contributed by atoms with Crippen LogP contribution in [0.2, 0.25) is 0 Å². The van der Waals surface area contributed by atoms with Crippen molar-refractivity contribution in [2.24, 2.45) is 5.73 Å². The van der Waals surface area contributed by atoms with Gasteiger partial charge in [0.05, 0.1) is 6.54 Å². The number of hydrogen-bond donors (Lipinski definition) is 1. The number of nitrogens with two attached hydrogens (primary N) is 1. The SMILES string of the molecule is CN(C)[C@H]1CCN(C(=O)CN)C1. The molecule has 4 nitrogen and oxygen atoms in total.